The number of hydrogen-bond donors (Lipinski definition) is 0. The van der Waals surface area contributed by atoms with Gasteiger partial charge in [0.25, 0.3) is 0 Å². The van der Waals surface area contributed by atoms with Gasteiger partial charge in [-0.25, -0.2) is 9.97 Å². The van der Waals surface area contributed by atoms with Crippen molar-refractivity contribution < 1.29 is 0 Å². The maximum absolute atomic E-state index is 4.55. The van der Waals surface area contributed by atoms with Gasteiger partial charge < -0.3 is 4.57 Å². The molecule has 1 fully saturated rings. The molecule has 3 rings (SSSR count). The Morgan fingerprint density at radius 1 is 1.15 bits per heavy atom. The summed E-state index contributed by atoms with van der Waals surface area (Å²) in [5, 5.41) is 3.34. The maximum Gasteiger partial charge on any atom is 0.0945 e. The van der Waals surface area contributed by atoms with Gasteiger partial charge in [-0.15, -0.1) is 11.3 Å². The second-order valence-electron chi connectivity index (χ2n) is 5.41. The van der Waals surface area contributed by atoms with Crippen molar-refractivity contribution in [2.24, 2.45) is 7.05 Å². The van der Waals surface area contributed by atoms with E-state index in [-0.39, 0.29) is 0 Å². The molecular formula is C14H21N5S. The van der Waals surface area contributed by atoms with Crippen molar-refractivity contribution in [2.75, 3.05) is 26.2 Å². The minimum absolute atomic E-state index is 0.990. The first kappa shape index (κ1) is 13.7. The fourth-order valence-corrected chi connectivity index (χ4v) is 3.19. The van der Waals surface area contributed by atoms with E-state index in [1.54, 1.807) is 11.3 Å². The lowest BCUT2D eigenvalue weighted by atomic mass is 10.3. The van der Waals surface area contributed by atoms with Gasteiger partial charge in [-0.2, -0.15) is 0 Å². The van der Waals surface area contributed by atoms with Gasteiger partial charge in [-0.3, -0.25) is 9.80 Å². The zero-order chi connectivity index (χ0) is 13.9. The third-order valence-electron chi connectivity index (χ3n) is 3.82. The molecular weight excluding hydrogens is 270 g/mol. The summed E-state index contributed by atoms with van der Waals surface area (Å²) in [6.45, 7) is 8.54. The van der Waals surface area contributed by atoms with Gasteiger partial charge in [0.1, 0.15) is 0 Å². The molecule has 108 valence electrons. The quantitative estimate of drug-likeness (QED) is 0.855. The third kappa shape index (κ3) is 3.26. The molecule has 20 heavy (non-hydrogen) atoms. The average Bonchev–Trinajstić information content (AvgIpc) is 3.02. The zero-order valence-electron chi connectivity index (χ0n) is 12.1. The van der Waals surface area contributed by atoms with Gasteiger partial charge in [-0.1, -0.05) is 0 Å². The van der Waals surface area contributed by atoms with E-state index >= 15 is 0 Å². The molecule has 1 saturated heterocycles. The molecule has 0 N–H and O–H groups in total. The van der Waals surface area contributed by atoms with Crippen LogP contribution in [-0.4, -0.2) is 50.5 Å². The SMILES string of the molecule is Cc1nc(CN2CCN(Cc3cncn3C)CC2)cs1. The van der Waals surface area contributed by atoms with Gasteiger partial charge >= 0.3 is 0 Å². The molecule has 0 spiro atoms. The molecule has 0 bridgehead atoms. The van der Waals surface area contributed by atoms with Crippen LogP contribution in [0.3, 0.4) is 0 Å². The van der Waals surface area contributed by atoms with Crippen LogP contribution in [0.5, 0.6) is 0 Å². The number of nitrogens with zero attached hydrogens (tertiary/aromatic N) is 5. The zero-order valence-corrected chi connectivity index (χ0v) is 12.9. The van der Waals surface area contributed by atoms with E-state index in [4.69, 9.17) is 0 Å². The molecule has 6 heteroatoms. The minimum atomic E-state index is 0.990. The highest BCUT2D eigenvalue weighted by atomic mass is 32.1. The van der Waals surface area contributed by atoms with E-state index in [2.05, 4.69) is 43.7 Å². The first-order chi connectivity index (χ1) is 9.70. The second kappa shape index (κ2) is 6.03. The number of imidazole rings is 1. The number of rotatable bonds is 4. The van der Waals surface area contributed by atoms with Crippen molar-refractivity contribution in [3.63, 3.8) is 0 Å². The maximum atomic E-state index is 4.55. The Morgan fingerprint density at radius 2 is 1.85 bits per heavy atom. The topological polar surface area (TPSA) is 37.2 Å². The summed E-state index contributed by atoms with van der Waals surface area (Å²) >= 11 is 1.74. The van der Waals surface area contributed by atoms with Crippen molar-refractivity contribution in [1.29, 1.82) is 0 Å². The molecule has 0 amide bonds. The summed E-state index contributed by atoms with van der Waals surface area (Å²) in [7, 11) is 2.06. The number of hydrogen-bond acceptors (Lipinski definition) is 5. The number of thiazole rings is 1. The molecule has 1 aliphatic rings. The van der Waals surface area contributed by atoms with Gasteiger partial charge in [0.05, 0.1) is 22.7 Å². The summed E-state index contributed by atoms with van der Waals surface area (Å²) in [6, 6.07) is 0. The third-order valence-corrected chi connectivity index (χ3v) is 4.64. The standard InChI is InChI=1S/C14H21N5S/c1-12-16-13(10-20-12)8-18-3-5-19(6-4-18)9-14-7-15-11-17(14)2/h7,10-11H,3-6,8-9H2,1-2H3. The van der Waals surface area contributed by atoms with Crippen LogP contribution in [0, 0.1) is 6.92 Å². The molecule has 0 saturated carbocycles. The first-order valence-corrected chi connectivity index (χ1v) is 7.89. The van der Waals surface area contributed by atoms with Crippen molar-refractivity contribution in [3.8, 4) is 0 Å². The molecule has 0 aliphatic carbocycles. The normalized spacial score (nSPS) is 17.7. The molecule has 3 heterocycles. The Labute approximate surface area is 123 Å². The first-order valence-electron chi connectivity index (χ1n) is 7.01. The summed E-state index contributed by atoms with van der Waals surface area (Å²) in [5.41, 5.74) is 2.50. The highest BCUT2D eigenvalue weighted by Gasteiger charge is 2.18. The van der Waals surface area contributed by atoms with E-state index in [0.717, 1.165) is 44.3 Å². The van der Waals surface area contributed by atoms with Crippen molar-refractivity contribution in [2.45, 2.75) is 20.0 Å². The lowest BCUT2D eigenvalue weighted by molar-refractivity contribution is 0.119. The summed E-state index contributed by atoms with van der Waals surface area (Å²) in [6.07, 6.45) is 3.83. The predicted molar refractivity (Wildman–Crippen MR) is 80.6 cm³/mol. The van der Waals surface area contributed by atoms with E-state index < -0.39 is 0 Å². The molecule has 0 unspecified atom stereocenters. The van der Waals surface area contributed by atoms with Crippen LogP contribution in [0.25, 0.3) is 0 Å². The summed E-state index contributed by atoms with van der Waals surface area (Å²) < 4.78 is 2.10. The Bertz CT molecular complexity index is 553. The lowest BCUT2D eigenvalue weighted by Crippen LogP contribution is -2.45. The Morgan fingerprint density at radius 3 is 2.40 bits per heavy atom. The van der Waals surface area contributed by atoms with Crippen molar-refractivity contribution >= 4 is 11.3 Å². The number of aryl methyl sites for hydroxylation is 2. The van der Waals surface area contributed by atoms with Crippen LogP contribution < -0.4 is 0 Å². The van der Waals surface area contributed by atoms with Crippen LogP contribution >= 0.6 is 11.3 Å². The highest BCUT2D eigenvalue weighted by molar-refractivity contribution is 7.09. The largest absolute Gasteiger partial charge is 0.337 e. The van der Waals surface area contributed by atoms with Crippen molar-refractivity contribution in [3.05, 3.63) is 34.3 Å². The average molecular weight is 291 g/mol. The second-order valence-corrected chi connectivity index (χ2v) is 6.47. The number of piperazine rings is 1. The molecule has 2 aromatic rings. The molecule has 1 aliphatic heterocycles. The van der Waals surface area contributed by atoms with Crippen LogP contribution in [-0.2, 0) is 20.1 Å². The smallest absolute Gasteiger partial charge is 0.0945 e. The fourth-order valence-electron chi connectivity index (χ4n) is 2.58. The molecule has 0 atom stereocenters. The van der Waals surface area contributed by atoms with Crippen molar-refractivity contribution in [1.82, 2.24) is 24.3 Å². The highest BCUT2D eigenvalue weighted by Crippen LogP contribution is 2.13. The summed E-state index contributed by atoms with van der Waals surface area (Å²) in [5.74, 6) is 0. The molecule has 0 radical (unpaired) electrons. The van der Waals surface area contributed by atoms with Gasteiger partial charge in [0, 0.05) is 57.9 Å². The molecule has 5 nitrogen and oxygen atoms in total. The van der Waals surface area contributed by atoms with Gasteiger partial charge in [-0.05, 0) is 6.92 Å². The van der Waals surface area contributed by atoms with E-state index in [1.807, 2.05) is 12.5 Å². The van der Waals surface area contributed by atoms with Gasteiger partial charge in [0.2, 0.25) is 0 Å². The van der Waals surface area contributed by atoms with Crippen LogP contribution in [0.4, 0.5) is 0 Å². The van der Waals surface area contributed by atoms with Crippen LogP contribution in [0.1, 0.15) is 16.4 Å². The monoisotopic (exact) mass is 291 g/mol. The number of aromatic nitrogens is 3. The molecule has 0 aromatic carbocycles. The predicted octanol–water partition coefficient (Wildman–Crippen LogP) is 1.50. The van der Waals surface area contributed by atoms with E-state index in [9.17, 15) is 0 Å². The van der Waals surface area contributed by atoms with E-state index in [1.165, 1.54) is 11.4 Å². The minimum Gasteiger partial charge on any atom is -0.337 e. The van der Waals surface area contributed by atoms with Crippen LogP contribution in [0.15, 0.2) is 17.9 Å². The van der Waals surface area contributed by atoms with Gasteiger partial charge in [0.15, 0.2) is 0 Å². The Kier molecular flexibility index (Phi) is 4.14. The van der Waals surface area contributed by atoms with E-state index in [0.29, 0.717) is 0 Å². The fraction of sp³-hybridized carbons (Fsp3) is 0.571. The molecule has 2 aromatic heterocycles. The van der Waals surface area contributed by atoms with Crippen LogP contribution in [0.2, 0.25) is 0 Å². The summed E-state index contributed by atoms with van der Waals surface area (Å²) in [4.78, 5) is 13.7. The lowest BCUT2D eigenvalue weighted by Gasteiger charge is -2.34. The Balaban J connectivity index is 1.48. The Hall–Kier alpha value is -1.24.